The van der Waals surface area contributed by atoms with Gasteiger partial charge in [-0.3, -0.25) is 4.79 Å². The summed E-state index contributed by atoms with van der Waals surface area (Å²) in [5, 5.41) is 2.80. The maximum Gasteiger partial charge on any atom is 0.239 e. The Hall–Kier alpha value is -1.59. The fraction of sp³-hybridized carbons (Fsp3) is 0.562. The maximum atomic E-state index is 11.6. The Kier molecular flexibility index (Phi) is 7.79. The van der Waals surface area contributed by atoms with Crippen molar-refractivity contribution in [2.45, 2.75) is 26.3 Å². The topological polar surface area (TPSA) is 73.6 Å². The number of benzene rings is 1. The van der Waals surface area contributed by atoms with E-state index in [0.717, 1.165) is 17.7 Å². The second-order valence-electron chi connectivity index (χ2n) is 5.45. The van der Waals surface area contributed by atoms with E-state index in [1.807, 2.05) is 24.3 Å². The quantitative estimate of drug-likeness (QED) is 0.721. The van der Waals surface area contributed by atoms with Gasteiger partial charge in [-0.1, -0.05) is 26.0 Å². The smallest absolute Gasteiger partial charge is 0.239 e. The monoisotopic (exact) mass is 294 g/mol. The number of carbonyl (C=O) groups is 1. The molecular weight excluding hydrogens is 268 g/mol. The summed E-state index contributed by atoms with van der Waals surface area (Å²) in [6, 6.07) is 7.32. The zero-order chi connectivity index (χ0) is 15.7. The lowest BCUT2D eigenvalue weighted by molar-refractivity contribution is -0.123. The van der Waals surface area contributed by atoms with Crippen molar-refractivity contribution in [1.82, 2.24) is 5.32 Å². The van der Waals surface area contributed by atoms with E-state index in [4.69, 9.17) is 15.2 Å². The minimum atomic E-state index is -0.609. The van der Waals surface area contributed by atoms with Gasteiger partial charge in [-0.15, -0.1) is 0 Å². The summed E-state index contributed by atoms with van der Waals surface area (Å²) < 4.78 is 10.5. The Labute approximate surface area is 126 Å². The number of hydrogen-bond acceptors (Lipinski definition) is 4. The summed E-state index contributed by atoms with van der Waals surface area (Å²) in [4.78, 5) is 11.6. The van der Waals surface area contributed by atoms with Crippen molar-refractivity contribution in [2.24, 2.45) is 11.7 Å². The molecule has 1 atom stereocenters. The molecule has 1 aromatic carbocycles. The highest BCUT2D eigenvalue weighted by atomic mass is 16.5. The standard InChI is InChI=1S/C16H26N2O3/c1-12(2)10-21-14-6-4-13(5-7-14)8-9-18-16(19)15(17)11-20-3/h4-7,12,15H,8-11,17H2,1-3H3,(H,18,19). The molecule has 0 aliphatic rings. The second-order valence-corrected chi connectivity index (χ2v) is 5.45. The van der Waals surface area contributed by atoms with E-state index in [1.165, 1.54) is 7.11 Å². The minimum Gasteiger partial charge on any atom is -0.493 e. The fourth-order valence-electron chi connectivity index (χ4n) is 1.73. The van der Waals surface area contributed by atoms with Gasteiger partial charge in [0.05, 0.1) is 13.2 Å². The highest BCUT2D eigenvalue weighted by Gasteiger charge is 2.11. The van der Waals surface area contributed by atoms with E-state index in [9.17, 15) is 4.79 Å². The number of nitrogens with two attached hydrogens (primary N) is 1. The lowest BCUT2D eigenvalue weighted by Gasteiger charge is -2.11. The number of ether oxygens (including phenoxy) is 2. The van der Waals surface area contributed by atoms with Crippen molar-refractivity contribution in [3.8, 4) is 5.75 Å². The van der Waals surface area contributed by atoms with Crippen LogP contribution in [0, 0.1) is 5.92 Å². The molecule has 0 spiro atoms. The van der Waals surface area contributed by atoms with Gasteiger partial charge in [0.25, 0.3) is 0 Å². The molecule has 3 N–H and O–H groups in total. The molecule has 1 rings (SSSR count). The molecule has 1 unspecified atom stereocenters. The van der Waals surface area contributed by atoms with E-state index in [1.54, 1.807) is 0 Å². The molecule has 5 nitrogen and oxygen atoms in total. The van der Waals surface area contributed by atoms with Crippen LogP contribution in [0.4, 0.5) is 0 Å². The molecule has 0 radical (unpaired) electrons. The van der Waals surface area contributed by atoms with E-state index in [0.29, 0.717) is 19.1 Å². The number of rotatable bonds is 9. The first-order valence-corrected chi connectivity index (χ1v) is 7.27. The lowest BCUT2D eigenvalue weighted by Crippen LogP contribution is -2.44. The summed E-state index contributed by atoms with van der Waals surface area (Å²) in [5.74, 6) is 1.20. The maximum absolute atomic E-state index is 11.6. The van der Waals surface area contributed by atoms with E-state index >= 15 is 0 Å². The third-order valence-corrected chi connectivity index (χ3v) is 2.90. The van der Waals surface area contributed by atoms with Crippen molar-refractivity contribution in [2.75, 3.05) is 26.9 Å². The molecule has 1 amide bonds. The van der Waals surface area contributed by atoms with Crippen LogP contribution in [0.2, 0.25) is 0 Å². The fourth-order valence-corrected chi connectivity index (χ4v) is 1.73. The molecule has 1 aromatic rings. The van der Waals surface area contributed by atoms with Gasteiger partial charge in [0.2, 0.25) is 5.91 Å². The number of methoxy groups -OCH3 is 1. The predicted molar refractivity (Wildman–Crippen MR) is 83.3 cm³/mol. The van der Waals surface area contributed by atoms with Crippen molar-refractivity contribution in [1.29, 1.82) is 0 Å². The van der Waals surface area contributed by atoms with Crippen LogP contribution in [0.5, 0.6) is 5.75 Å². The Balaban J connectivity index is 2.31. The Bertz CT molecular complexity index is 418. The lowest BCUT2D eigenvalue weighted by atomic mass is 10.1. The van der Waals surface area contributed by atoms with Crippen molar-refractivity contribution >= 4 is 5.91 Å². The van der Waals surface area contributed by atoms with Crippen molar-refractivity contribution in [3.63, 3.8) is 0 Å². The van der Waals surface area contributed by atoms with Crippen LogP contribution >= 0.6 is 0 Å². The second kappa shape index (κ2) is 9.37. The molecule has 21 heavy (non-hydrogen) atoms. The van der Waals surface area contributed by atoms with Crippen molar-refractivity contribution < 1.29 is 14.3 Å². The molecule has 118 valence electrons. The Morgan fingerprint density at radius 1 is 1.24 bits per heavy atom. The number of nitrogens with one attached hydrogen (secondary N) is 1. The van der Waals surface area contributed by atoms with Crippen LogP contribution in [-0.2, 0) is 16.0 Å². The molecule has 0 aliphatic heterocycles. The van der Waals surface area contributed by atoms with Gasteiger partial charge >= 0.3 is 0 Å². The number of carbonyl (C=O) groups excluding carboxylic acids is 1. The van der Waals surface area contributed by atoms with Gasteiger partial charge in [0.15, 0.2) is 0 Å². The molecule has 0 aliphatic carbocycles. The van der Waals surface area contributed by atoms with E-state index in [2.05, 4.69) is 19.2 Å². The minimum absolute atomic E-state index is 0.186. The first kappa shape index (κ1) is 17.5. The van der Waals surface area contributed by atoms with Crippen LogP contribution in [0.25, 0.3) is 0 Å². The van der Waals surface area contributed by atoms with Gasteiger partial charge in [-0.25, -0.2) is 0 Å². The number of hydrogen-bond donors (Lipinski definition) is 2. The summed E-state index contributed by atoms with van der Waals surface area (Å²) in [6.07, 6.45) is 0.760. The molecular formula is C16H26N2O3. The molecule has 0 saturated heterocycles. The van der Waals surface area contributed by atoms with Gasteiger partial charge in [-0.05, 0) is 30.0 Å². The first-order valence-electron chi connectivity index (χ1n) is 7.27. The molecule has 0 fully saturated rings. The van der Waals surface area contributed by atoms with Crippen LogP contribution in [0.1, 0.15) is 19.4 Å². The van der Waals surface area contributed by atoms with Gasteiger partial charge in [-0.2, -0.15) is 0 Å². The average Bonchev–Trinajstić information content (AvgIpc) is 2.46. The van der Waals surface area contributed by atoms with E-state index < -0.39 is 6.04 Å². The van der Waals surface area contributed by atoms with Gasteiger partial charge < -0.3 is 20.5 Å². The molecule has 0 saturated carbocycles. The third-order valence-electron chi connectivity index (χ3n) is 2.90. The van der Waals surface area contributed by atoms with Crippen LogP contribution in [-0.4, -0.2) is 38.8 Å². The SMILES string of the molecule is COCC(N)C(=O)NCCc1ccc(OCC(C)C)cc1. The molecule has 0 heterocycles. The third kappa shape index (κ3) is 7.11. The molecule has 0 bridgehead atoms. The summed E-state index contributed by atoms with van der Waals surface area (Å²) in [5.41, 5.74) is 6.78. The number of amides is 1. The summed E-state index contributed by atoms with van der Waals surface area (Å²) >= 11 is 0. The zero-order valence-corrected chi connectivity index (χ0v) is 13.1. The Morgan fingerprint density at radius 2 is 1.90 bits per heavy atom. The van der Waals surface area contributed by atoms with Crippen molar-refractivity contribution in [3.05, 3.63) is 29.8 Å². The highest BCUT2D eigenvalue weighted by molar-refractivity contribution is 5.81. The molecule has 0 aromatic heterocycles. The summed E-state index contributed by atoms with van der Waals surface area (Å²) in [7, 11) is 1.52. The van der Waals surface area contributed by atoms with Gasteiger partial charge in [0.1, 0.15) is 11.8 Å². The first-order chi connectivity index (χ1) is 10.0. The van der Waals surface area contributed by atoms with Crippen LogP contribution < -0.4 is 15.8 Å². The Morgan fingerprint density at radius 3 is 2.48 bits per heavy atom. The van der Waals surface area contributed by atoms with E-state index in [-0.39, 0.29) is 12.5 Å². The van der Waals surface area contributed by atoms with Gasteiger partial charge in [0, 0.05) is 13.7 Å². The average molecular weight is 294 g/mol. The largest absolute Gasteiger partial charge is 0.493 e. The van der Waals surface area contributed by atoms with Crippen LogP contribution in [0.15, 0.2) is 24.3 Å². The predicted octanol–water partition coefficient (Wildman–Crippen LogP) is 1.35. The highest BCUT2D eigenvalue weighted by Crippen LogP contribution is 2.13. The summed E-state index contributed by atoms with van der Waals surface area (Å²) in [6.45, 7) is 5.74. The molecule has 5 heteroatoms. The normalized spacial score (nSPS) is 12.2. The van der Waals surface area contributed by atoms with Crippen LogP contribution in [0.3, 0.4) is 0 Å². The zero-order valence-electron chi connectivity index (χ0n) is 13.1.